The summed E-state index contributed by atoms with van der Waals surface area (Å²) >= 11 is 0. The molecule has 0 N–H and O–H groups in total. The number of ether oxygens (including phenoxy) is 2. The van der Waals surface area contributed by atoms with E-state index in [0.29, 0.717) is 11.7 Å². The van der Waals surface area contributed by atoms with Crippen molar-refractivity contribution in [1.82, 2.24) is 4.98 Å². The number of rotatable bonds is 4. The van der Waals surface area contributed by atoms with Crippen LogP contribution in [0.4, 0.5) is 4.39 Å². The number of hydrogen-bond donors (Lipinski definition) is 0. The van der Waals surface area contributed by atoms with Gasteiger partial charge in [-0.15, -0.1) is 0 Å². The molecule has 3 rings (SSSR count). The number of methoxy groups -OCH3 is 1. The van der Waals surface area contributed by atoms with E-state index in [0.717, 1.165) is 6.07 Å². The standard InChI is InChI=1S/C20H22FNO3/c1-24-20(23)16-12-18(21)19(22-13-16)25-17-10-8-15(9-11-17)14-6-4-2-3-5-7-14/h8-14H,2-7H2,1H3. The van der Waals surface area contributed by atoms with Gasteiger partial charge in [-0.05, 0) is 42.5 Å². The first-order valence-corrected chi connectivity index (χ1v) is 8.69. The Balaban J connectivity index is 1.70. The van der Waals surface area contributed by atoms with Gasteiger partial charge in [0.2, 0.25) is 0 Å². The summed E-state index contributed by atoms with van der Waals surface area (Å²) in [6.07, 6.45) is 8.91. The van der Waals surface area contributed by atoms with Gasteiger partial charge >= 0.3 is 5.97 Å². The molecule has 4 nitrogen and oxygen atoms in total. The molecular weight excluding hydrogens is 321 g/mol. The average molecular weight is 343 g/mol. The number of nitrogens with zero attached hydrogens (tertiary/aromatic N) is 1. The van der Waals surface area contributed by atoms with Crippen LogP contribution in [0, 0.1) is 5.82 Å². The molecule has 0 spiro atoms. The molecule has 0 aliphatic heterocycles. The Morgan fingerprint density at radius 2 is 1.80 bits per heavy atom. The Kier molecular flexibility index (Phi) is 5.64. The van der Waals surface area contributed by atoms with E-state index in [2.05, 4.69) is 9.72 Å². The molecule has 2 aromatic rings. The van der Waals surface area contributed by atoms with Gasteiger partial charge in [-0.1, -0.05) is 37.8 Å². The summed E-state index contributed by atoms with van der Waals surface area (Å²) < 4.78 is 24.1. The lowest BCUT2D eigenvalue weighted by Gasteiger charge is -2.15. The fraction of sp³-hybridized carbons (Fsp3) is 0.400. The number of hydrogen-bond acceptors (Lipinski definition) is 4. The zero-order chi connectivity index (χ0) is 17.6. The molecule has 5 heteroatoms. The van der Waals surface area contributed by atoms with E-state index in [-0.39, 0.29) is 11.4 Å². The molecule has 0 atom stereocenters. The molecule has 0 bridgehead atoms. The van der Waals surface area contributed by atoms with Gasteiger partial charge in [0, 0.05) is 6.20 Å². The largest absolute Gasteiger partial charge is 0.465 e. The van der Waals surface area contributed by atoms with Crippen LogP contribution in [0.25, 0.3) is 0 Å². The predicted molar refractivity (Wildman–Crippen MR) is 92.5 cm³/mol. The Bertz CT molecular complexity index is 722. The van der Waals surface area contributed by atoms with E-state index >= 15 is 0 Å². The first-order chi connectivity index (χ1) is 12.2. The van der Waals surface area contributed by atoms with Gasteiger partial charge in [0.25, 0.3) is 5.88 Å². The van der Waals surface area contributed by atoms with Crippen molar-refractivity contribution in [1.29, 1.82) is 0 Å². The van der Waals surface area contributed by atoms with Crippen LogP contribution in [0.5, 0.6) is 11.6 Å². The summed E-state index contributed by atoms with van der Waals surface area (Å²) in [5, 5.41) is 0. The third-order valence-corrected chi connectivity index (χ3v) is 4.65. The molecule has 0 radical (unpaired) electrons. The highest BCUT2D eigenvalue weighted by atomic mass is 19.1. The Morgan fingerprint density at radius 3 is 2.40 bits per heavy atom. The average Bonchev–Trinajstić information content (AvgIpc) is 2.93. The third-order valence-electron chi connectivity index (χ3n) is 4.65. The minimum absolute atomic E-state index is 0.0519. The van der Waals surface area contributed by atoms with Crippen LogP contribution in [0.3, 0.4) is 0 Å². The van der Waals surface area contributed by atoms with E-state index in [4.69, 9.17) is 4.74 Å². The van der Waals surface area contributed by atoms with E-state index in [1.165, 1.54) is 57.4 Å². The maximum absolute atomic E-state index is 14.1. The molecule has 1 aliphatic rings. The molecule has 0 unspecified atom stereocenters. The summed E-state index contributed by atoms with van der Waals surface area (Å²) in [4.78, 5) is 15.2. The molecule has 1 heterocycles. The van der Waals surface area contributed by atoms with Crippen LogP contribution >= 0.6 is 0 Å². The van der Waals surface area contributed by atoms with Crippen LogP contribution in [0.2, 0.25) is 0 Å². The van der Waals surface area contributed by atoms with Crippen LogP contribution in [-0.2, 0) is 4.74 Å². The van der Waals surface area contributed by atoms with E-state index in [9.17, 15) is 9.18 Å². The molecule has 132 valence electrons. The van der Waals surface area contributed by atoms with Crippen molar-refractivity contribution in [3.05, 3.63) is 53.5 Å². The Labute approximate surface area is 147 Å². The Hall–Kier alpha value is -2.43. The van der Waals surface area contributed by atoms with Crippen molar-refractivity contribution in [2.75, 3.05) is 7.11 Å². The van der Waals surface area contributed by atoms with Crippen molar-refractivity contribution >= 4 is 5.97 Å². The van der Waals surface area contributed by atoms with Gasteiger partial charge in [-0.3, -0.25) is 0 Å². The maximum Gasteiger partial charge on any atom is 0.339 e. The number of benzene rings is 1. The fourth-order valence-electron chi connectivity index (χ4n) is 3.26. The summed E-state index contributed by atoms with van der Waals surface area (Å²) in [5.74, 6) is -0.364. The second kappa shape index (κ2) is 8.10. The van der Waals surface area contributed by atoms with Crippen LogP contribution in [0.1, 0.15) is 60.4 Å². The zero-order valence-electron chi connectivity index (χ0n) is 14.3. The molecule has 1 fully saturated rings. The number of carbonyl (C=O) groups is 1. The van der Waals surface area contributed by atoms with Crippen LogP contribution < -0.4 is 4.74 Å². The van der Waals surface area contributed by atoms with Gasteiger partial charge in [-0.2, -0.15) is 0 Å². The highest BCUT2D eigenvalue weighted by molar-refractivity contribution is 5.88. The molecule has 0 saturated heterocycles. The smallest absolute Gasteiger partial charge is 0.339 e. The van der Waals surface area contributed by atoms with Gasteiger partial charge in [0.1, 0.15) is 5.75 Å². The molecule has 1 saturated carbocycles. The number of halogens is 1. The van der Waals surface area contributed by atoms with Crippen molar-refractivity contribution in [3.63, 3.8) is 0 Å². The Morgan fingerprint density at radius 1 is 1.12 bits per heavy atom. The highest BCUT2D eigenvalue weighted by Gasteiger charge is 2.15. The van der Waals surface area contributed by atoms with Gasteiger partial charge in [0.05, 0.1) is 12.7 Å². The monoisotopic (exact) mass is 343 g/mol. The van der Waals surface area contributed by atoms with Crippen molar-refractivity contribution in [2.24, 2.45) is 0 Å². The maximum atomic E-state index is 14.1. The van der Waals surface area contributed by atoms with Gasteiger partial charge in [0.15, 0.2) is 5.82 Å². The zero-order valence-corrected chi connectivity index (χ0v) is 14.3. The topological polar surface area (TPSA) is 48.4 Å². The van der Waals surface area contributed by atoms with Crippen LogP contribution in [0.15, 0.2) is 36.5 Å². The lowest BCUT2D eigenvalue weighted by molar-refractivity contribution is 0.0599. The van der Waals surface area contributed by atoms with Crippen LogP contribution in [-0.4, -0.2) is 18.1 Å². The number of carbonyl (C=O) groups excluding carboxylic acids is 1. The quantitative estimate of drug-likeness (QED) is 0.563. The number of aromatic nitrogens is 1. The van der Waals surface area contributed by atoms with E-state index in [1.54, 1.807) is 0 Å². The van der Waals surface area contributed by atoms with Gasteiger partial charge in [-0.25, -0.2) is 14.2 Å². The first-order valence-electron chi connectivity index (χ1n) is 8.69. The molecule has 0 amide bonds. The van der Waals surface area contributed by atoms with Crippen molar-refractivity contribution < 1.29 is 18.7 Å². The van der Waals surface area contributed by atoms with Gasteiger partial charge < -0.3 is 9.47 Å². The highest BCUT2D eigenvalue weighted by Crippen LogP contribution is 2.33. The SMILES string of the molecule is COC(=O)c1cnc(Oc2ccc(C3CCCCCC3)cc2)c(F)c1. The normalized spacial score (nSPS) is 15.4. The number of esters is 1. The summed E-state index contributed by atoms with van der Waals surface area (Å²) in [5.41, 5.74) is 1.36. The minimum atomic E-state index is -0.698. The second-order valence-corrected chi connectivity index (χ2v) is 6.36. The summed E-state index contributed by atoms with van der Waals surface area (Å²) in [7, 11) is 1.24. The predicted octanol–water partition coefficient (Wildman–Crippen LogP) is 5.24. The number of pyridine rings is 1. The summed E-state index contributed by atoms with van der Waals surface area (Å²) in [6.45, 7) is 0. The molecular formula is C20H22FNO3. The molecule has 1 aliphatic carbocycles. The molecule has 1 aromatic carbocycles. The minimum Gasteiger partial charge on any atom is -0.465 e. The van der Waals surface area contributed by atoms with E-state index in [1.807, 2.05) is 24.3 Å². The van der Waals surface area contributed by atoms with Crippen molar-refractivity contribution in [2.45, 2.75) is 44.4 Å². The van der Waals surface area contributed by atoms with E-state index < -0.39 is 11.8 Å². The second-order valence-electron chi connectivity index (χ2n) is 6.36. The summed E-state index contributed by atoms with van der Waals surface area (Å²) in [6, 6.07) is 8.84. The molecule has 25 heavy (non-hydrogen) atoms. The first kappa shape index (κ1) is 17.4. The fourth-order valence-corrected chi connectivity index (χ4v) is 3.26. The van der Waals surface area contributed by atoms with Crippen molar-refractivity contribution in [3.8, 4) is 11.6 Å². The lowest BCUT2D eigenvalue weighted by atomic mass is 9.92. The third kappa shape index (κ3) is 4.35. The molecule has 1 aromatic heterocycles. The lowest BCUT2D eigenvalue weighted by Crippen LogP contribution is -2.03.